The average molecular weight is 429 g/mol. The number of hydrogen-bond donors (Lipinski definition) is 1. The van der Waals surface area contributed by atoms with Gasteiger partial charge < -0.3 is 10.5 Å². The highest BCUT2D eigenvalue weighted by Crippen LogP contribution is 2.33. The molecule has 11 heteroatoms. The summed E-state index contributed by atoms with van der Waals surface area (Å²) in [6.07, 6.45) is -3.29. The van der Waals surface area contributed by atoms with Gasteiger partial charge in [-0.1, -0.05) is 12.1 Å². The molecule has 31 heavy (non-hydrogen) atoms. The summed E-state index contributed by atoms with van der Waals surface area (Å²) < 4.78 is 48.5. The van der Waals surface area contributed by atoms with Crippen molar-refractivity contribution < 1.29 is 17.9 Å². The quantitative estimate of drug-likeness (QED) is 0.533. The molecule has 3 aromatic heterocycles. The van der Waals surface area contributed by atoms with Crippen LogP contribution in [-0.2, 0) is 19.5 Å². The van der Waals surface area contributed by atoms with E-state index in [1.165, 1.54) is 16.5 Å². The Hall–Kier alpha value is -3.47. The molecule has 0 saturated heterocycles. The summed E-state index contributed by atoms with van der Waals surface area (Å²) in [6.45, 7) is 0.294. The van der Waals surface area contributed by atoms with Gasteiger partial charge in [0.15, 0.2) is 11.5 Å². The summed E-state index contributed by atoms with van der Waals surface area (Å²) in [5.41, 5.74) is 8.28. The van der Waals surface area contributed by atoms with Crippen LogP contribution in [0.2, 0.25) is 0 Å². The second-order valence-electron chi connectivity index (χ2n) is 7.37. The number of pyridine rings is 1. The molecule has 0 radical (unpaired) electrons. The van der Waals surface area contributed by atoms with E-state index in [9.17, 15) is 13.2 Å². The van der Waals surface area contributed by atoms with Crippen LogP contribution >= 0.6 is 0 Å². The molecular weight excluding hydrogens is 411 g/mol. The SMILES string of the molecule is COc1cccc2c1nc(N)n1nc(CC(N3Cc4cccnc4C3)C(F)(F)F)nc21. The van der Waals surface area contributed by atoms with Gasteiger partial charge >= 0.3 is 6.18 Å². The van der Waals surface area contributed by atoms with E-state index in [0.29, 0.717) is 28.0 Å². The molecule has 1 aromatic carbocycles. The second-order valence-corrected chi connectivity index (χ2v) is 7.37. The van der Waals surface area contributed by atoms with Crippen LogP contribution in [0.3, 0.4) is 0 Å². The van der Waals surface area contributed by atoms with E-state index >= 15 is 0 Å². The summed E-state index contributed by atoms with van der Waals surface area (Å²) in [7, 11) is 1.50. The third kappa shape index (κ3) is 3.30. The number of para-hydroxylation sites is 1. The number of benzene rings is 1. The van der Waals surface area contributed by atoms with Gasteiger partial charge in [-0.3, -0.25) is 9.88 Å². The van der Waals surface area contributed by atoms with Crippen molar-refractivity contribution in [1.82, 2.24) is 29.5 Å². The van der Waals surface area contributed by atoms with Gasteiger partial charge in [0, 0.05) is 31.1 Å². The molecule has 1 aliphatic rings. The lowest BCUT2D eigenvalue weighted by Gasteiger charge is -2.28. The smallest absolute Gasteiger partial charge is 0.404 e. The minimum Gasteiger partial charge on any atom is -0.494 e. The van der Waals surface area contributed by atoms with Crippen molar-refractivity contribution >= 4 is 22.5 Å². The first-order valence-corrected chi connectivity index (χ1v) is 9.56. The fourth-order valence-corrected chi connectivity index (χ4v) is 3.99. The molecule has 5 rings (SSSR count). The number of aromatic nitrogens is 5. The molecule has 1 aliphatic heterocycles. The van der Waals surface area contributed by atoms with E-state index in [2.05, 4.69) is 20.1 Å². The normalized spacial score (nSPS) is 15.5. The first kappa shape index (κ1) is 19.5. The number of anilines is 1. The van der Waals surface area contributed by atoms with Crippen molar-refractivity contribution in [2.45, 2.75) is 31.7 Å². The van der Waals surface area contributed by atoms with Gasteiger partial charge in [0.25, 0.3) is 0 Å². The lowest BCUT2D eigenvalue weighted by atomic mass is 10.1. The average Bonchev–Trinajstić information content (AvgIpc) is 3.35. The molecule has 0 amide bonds. The van der Waals surface area contributed by atoms with Crippen molar-refractivity contribution in [2.75, 3.05) is 12.8 Å². The maximum absolute atomic E-state index is 14.0. The van der Waals surface area contributed by atoms with Crippen LogP contribution in [0.25, 0.3) is 16.6 Å². The predicted molar refractivity (Wildman–Crippen MR) is 106 cm³/mol. The number of nitrogens with two attached hydrogens (primary N) is 1. The maximum Gasteiger partial charge on any atom is 0.404 e. The van der Waals surface area contributed by atoms with Crippen LogP contribution in [0.15, 0.2) is 36.5 Å². The molecule has 4 aromatic rings. The Balaban J connectivity index is 1.54. The Kier molecular flexibility index (Phi) is 4.43. The Morgan fingerprint density at radius 1 is 1.16 bits per heavy atom. The lowest BCUT2D eigenvalue weighted by molar-refractivity contribution is -0.185. The lowest BCUT2D eigenvalue weighted by Crippen LogP contribution is -2.44. The third-order valence-corrected chi connectivity index (χ3v) is 5.46. The fourth-order valence-electron chi connectivity index (χ4n) is 3.99. The van der Waals surface area contributed by atoms with Gasteiger partial charge in [0.2, 0.25) is 5.95 Å². The number of methoxy groups -OCH3 is 1. The number of nitrogens with zero attached hydrogens (tertiary/aromatic N) is 6. The van der Waals surface area contributed by atoms with Gasteiger partial charge in [0.1, 0.15) is 17.3 Å². The highest BCUT2D eigenvalue weighted by Gasteiger charge is 2.46. The highest BCUT2D eigenvalue weighted by atomic mass is 19.4. The van der Waals surface area contributed by atoms with Gasteiger partial charge in [-0.05, 0) is 23.8 Å². The summed E-state index contributed by atoms with van der Waals surface area (Å²) in [5, 5.41) is 4.82. The first-order valence-electron chi connectivity index (χ1n) is 9.56. The van der Waals surface area contributed by atoms with Crippen LogP contribution in [0, 0.1) is 0 Å². The Bertz CT molecular complexity index is 1260. The number of fused-ring (bicyclic) bond motifs is 4. The van der Waals surface area contributed by atoms with Crippen LogP contribution in [0.5, 0.6) is 5.75 Å². The number of hydrogen-bond acceptors (Lipinski definition) is 7. The molecule has 0 saturated carbocycles. The van der Waals surface area contributed by atoms with E-state index < -0.39 is 18.6 Å². The van der Waals surface area contributed by atoms with Gasteiger partial charge in [-0.2, -0.15) is 17.7 Å². The maximum atomic E-state index is 14.0. The Morgan fingerprint density at radius 3 is 2.74 bits per heavy atom. The predicted octanol–water partition coefficient (Wildman–Crippen LogP) is 2.75. The largest absolute Gasteiger partial charge is 0.494 e. The molecule has 1 unspecified atom stereocenters. The van der Waals surface area contributed by atoms with Crippen molar-refractivity contribution in [3.8, 4) is 5.75 Å². The molecule has 4 heterocycles. The van der Waals surface area contributed by atoms with E-state index in [1.54, 1.807) is 36.5 Å². The molecule has 2 N–H and O–H groups in total. The van der Waals surface area contributed by atoms with Gasteiger partial charge in [-0.15, -0.1) is 5.10 Å². The number of alkyl halides is 3. The second kappa shape index (κ2) is 7.05. The molecule has 0 aliphatic carbocycles. The fraction of sp³-hybridized carbons (Fsp3) is 0.300. The number of rotatable bonds is 4. The number of nitrogen functional groups attached to an aromatic ring is 1. The van der Waals surface area contributed by atoms with E-state index in [-0.39, 0.29) is 24.9 Å². The zero-order valence-electron chi connectivity index (χ0n) is 16.5. The monoisotopic (exact) mass is 429 g/mol. The van der Waals surface area contributed by atoms with Crippen LogP contribution in [0.4, 0.5) is 19.1 Å². The summed E-state index contributed by atoms with van der Waals surface area (Å²) in [5.74, 6) is 0.550. The molecule has 1 atom stereocenters. The molecule has 160 valence electrons. The van der Waals surface area contributed by atoms with E-state index in [4.69, 9.17) is 10.5 Å². The van der Waals surface area contributed by atoms with Crippen LogP contribution in [0.1, 0.15) is 17.1 Å². The van der Waals surface area contributed by atoms with Crippen molar-refractivity contribution in [3.63, 3.8) is 0 Å². The first-order chi connectivity index (χ1) is 14.8. The summed E-state index contributed by atoms with van der Waals surface area (Å²) in [6, 6.07) is 6.99. The van der Waals surface area contributed by atoms with Crippen molar-refractivity contribution in [3.05, 3.63) is 53.6 Å². The molecule has 0 fully saturated rings. The zero-order chi connectivity index (χ0) is 21.8. The van der Waals surface area contributed by atoms with E-state index in [0.717, 1.165) is 5.56 Å². The minimum atomic E-state index is -4.46. The van der Waals surface area contributed by atoms with Crippen molar-refractivity contribution in [2.24, 2.45) is 0 Å². The Labute approximate surface area is 174 Å². The number of ether oxygens (including phenoxy) is 1. The summed E-state index contributed by atoms with van der Waals surface area (Å²) in [4.78, 5) is 14.2. The standard InChI is InChI=1S/C20H18F3N7O/c1-31-14-6-2-5-12-17(14)27-19(24)30-18(12)26-16(28-30)8-15(20(21,22)23)29-9-11-4-3-7-25-13(11)10-29/h2-7,15H,8-10H2,1H3,(H2,24,27). The molecule has 0 bridgehead atoms. The molecular formula is C20H18F3N7O. The molecule has 8 nitrogen and oxygen atoms in total. The van der Waals surface area contributed by atoms with Crippen LogP contribution in [-0.4, -0.2) is 48.8 Å². The topological polar surface area (TPSA) is 94.5 Å². The third-order valence-electron chi connectivity index (χ3n) is 5.46. The molecule has 0 spiro atoms. The summed E-state index contributed by atoms with van der Waals surface area (Å²) >= 11 is 0. The van der Waals surface area contributed by atoms with E-state index in [1.807, 2.05) is 0 Å². The van der Waals surface area contributed by atoms with Gasteiger partial charge in [-0.25, -0.2) is 9.97 Å². The number of halogens is 3. The Morgan fingerprint density at radius 2 is 2.00 bits per heavy atom. The van der Waals surface area contributed by atoms with Crippen molar-refractivity contribution in [1.29, 1.82) is 0 Å². The highest BCUT2D eigenvalue weighted by molar-refractivity contribution is 5.95. The van der Waals surface area contributed by atoms with Crippen LogP contribution < -0.4 is 10.5 Å². The van der Waals surface area contributed by atoms with Gasteiger partial charge in [0.05, 0.1) is 12.8 Å². The minimum absolute atomic E-state index is 0.0205. The zero-order valence-corrected chi connectivity index (χ0v) is 16.5.